The zero-order chi connectivity index (χ0) is 28.0. The van der Waals surface area contributed by atoms with E-state index in [1.807, 2.05) is 12.1 Å². The molecule has 5 aromatic rings. The van der Waals surface area contributed by atoms with Crippen molar-refractivity contribution in [3.05, 3.63) is 76.7 Å². The molecule has 8 nitrogen and oxygen atoms in total. The van der Waals surface area contributed by atoms with Crippen molar-refractivity contribution in [3.63, 3.8) is 0 Å². The number of nitrogens with zero attached hydrogens (tertiary/aromatic N) is 6. The van der Waals surface area contributed by atoms with Gasteiger partial charge in [-0.1, -0.05) is 62.2 Å². The Labute approximate surface area is 240 Å². The van der Waals surface area contributed by atoms with Crippen LogP contribution < -0.4 is 0 Å². The van der Waals surface area contributed by atoms with E-state index in [9.17, 15) is 5.11 Å². The number of aliphatic hydroxyl groups is 1. The van der Waals surface area contributed by atoms with Crippen LogP contribution in [-0.2, 0) is 19.3 Å². The van der Waals surface area contributed by atoms with E-state index in [2.05, 4.69) is 75.4 Å². The second kappa shape index (κ2) is 10.5. The Hall–Kier alpha value is -3.91. The average Bonchev–Trinajstić information content (AvgIpc) is 3.79. The third kappa shape index (κ3) is 4.74. The number of H-pyrrole nitrogens is 1. The summed E-state index contributed by atoms with van der Waals surface area (Å²) in [5.41, 5.74) is 9.67. The summed E-state index contributed by atoms with van der Waals surface area (Å²) in [6.07, 6.45) is 9.64. The van der Waals surface area contributed by atoms with E-state index >= 15 is 0 Å². The van der Waals surface area contributed by atoms with Crippen LogP contribution in [0, 0.1) is 6.92 Å². The second-order valence-electron chi connectivity index (χ2n) is 11.9. The van der Waals surface area contributed by atoms with Crippen LogP contribution in [-0.4, -0.2) is 45.9 Å². The van der Waals surface area contributed by atoms with Gasteiger partial charge in [0.1, 0.15) is 11.3 Å². The van der Waals surface area contributed by atoms with Gasteiger partial charge in [0.05, 0.1) is 11.6 Å². The van der Waals surface area contributed by atoms with Crippen LogP contribution in [0.15, 0.2) is 48.5 Å². The Bertz CT molecular complexity index is 1700. The summed E-state index contributed by atoms with van der Waals surface area (Å²) in [7, 11) is 0. The Kier molecular flexibility index (Phi) is 6.66. The van der Waals surface area contributed by atoms with Crippen LogP contribution in [0.25, 0.3) is 33.7 Å². The van der Waals surface area contributed by atoms with Crippen LogP contribution in [0.3, 0.4) is 0 Å². The van der Waals surface area contributed by atoms with Crippen molar-refractivity contribution in [1.29, 1.82) is 0 Å². The molecule has 0 saturated heterocycles. The number of aromatic nitrogens is 7. The lowest BCUT2D eigenvalue weighted by Crippen LogP contribution is -2.24. The van der Waals surface area contributed by atoms with Gasteiger partial charge in [0, 0.05) is 17.7 Å². The van der Waals surface area contributed by atoms with Crippen molar-refractivity contribution >= 4 is 11.2 Å². The predicted molar refractivity (Wildman–Crippen MR) is 160 cm³/mol. The summed E-state index contributed by atoms with van der Waals surface area (Å²) in [4.78, 5) is 10.4. The number of rotatable bonds is 8. The average molecular weight is 548 g/mol. The Morgan fingerprint density at radius 1 is 1.02 bits per heavy atom. The highest BCUT2D eigenvalue weighted by molar-refractivity contribution is 5.81. The first-order valence-corrected chi connectivity index (χ1v) is 15.1. The zero-order valence-electron chi connectivity index (χ0n) is 23.9. The second-order valence-corrected chi connectivity index (χ2v) is 11.9. The first-order valence-electron chi connectivity index (χ1n) is 15.1. The monoisotopic (exact) mass is 547 g/mol. The number of pyridine rings is 1. The Morgan fingerprint density at radius 2 is 1.85 bits per heavy atom. The highest BCUT2D eigenvalue weighted by atomic mass is 16.3. The van der Waals surface area contributed by atoms with Gasteiger partial charge in [0.15, 0.2) is 5.65 Å². The molecule has 2 aliphatic rings. The highest BCUT2D eigenvalue weighted by Crippen LogP contribution is 2.41. The normalized spacial score (nSPS) is 17.9. The molecular weight excluding hydrogens is 510 g/mol. The standard InChI is InChI=1S/C33H37N7O/c1-3-8-29-35-30-21(2)19-24(15-18-33(41)16-6-7-17-33)34-32(30)40(29)28-14-12-23-20-22(11-13-26(23)28)25-9-4-5-10-27(25)31-36-38-39-37-31/h4-5,9-11,13,19-20,28,41H,3,6-8,12,14-18H2,1-2H3,(H,36,37,38,39)/t28-/m0/s1. The third-order valence-electron chi connectivity index (χ3n) is 9.14. The molecule has 0 radical (unpaired) electrons. The summed E-state index contributed by atoms with van der Waals surface area (Å²) in [5.74, 6) is 1.72. The topological polar surface area (TPSA) is 105 Å². The summed E-state index contributed by atoms with van der Waals surface area (Å²) >= 11 is 0. The molecule has 1 atom stereocenters. The molecule has 0 unspecified atom stereocenters. The molecule has 7 rings (SSSR count). The molecule has 210 valence electrons. The first-order chi connectivity index (χ1) is 20.0. The fraction of sp³-hybridized carbons (Fsp3) is 0.424. The van der Waals surface area contributed by atoms with Crippen molar-refractivity contribution in [2.45, 2.75) is 89.7 Å². The number of benzene rings is 2. The van der Waals surface area contributed by atoms with Crippen LogP contribution in [0.4, 0.5) is 0 Å². The number of tetrazole rings is 1. The minimum absolute atomic E-state index is 0.208. The SMILES string of the molecule is CCCc1nc2c(C)cc(CCC3(O)CCCC3)nc2n1[C@H]1CCc2cc(-c3ccccc3-c3nn[nH]n3)ccc21. The van der Waals surface area contributed by atoms with Gasteiger partial charge in [-0.05, 0) is 91.0 Å². The van der Waals surface area contributed by atoms with Crippen molar-refractivity contribution in [2.75, 3.05) is 0 Å². The molecule has 0 amide bonds. The maximum Gasteiger partial charge on any atom is 0.205 e. The van der Waals surface area contributed by atoms with Crippen molar-refractivity contribution in [1.82, 2.24) is 35.2 Å². The number of hydrogen-bond donors (Lipinski definition) is 2. The van der Waals surface area contributed by atoms with Crippen LogP contribution in [0.5, 0.6) is 0 Å². The number of hydrogen-bond acceptors (Lipinski definition) is 6. The van der Waals surface area contributed by atoms with E-state index < -0.39 is 5.60 Å². The van der Waals surface area contributed by atoms with E-state index in [0.717, 1.165) is 104 Å². The molecule has 0 spiro atoms. The minimum atomic E-state index is -0.525. The van der Waals surface area contributed by atoms with Crippen LogP contribution in [0.1, 0.15) is 86.1 Å². The molecule has 2 aromatic carbocycles. The summed E-state index contributed by atoms with van der Waals surface area (Å²) < 4.78 is 2.43. The molecule has 8 heteroatoms. The van der Waals surface area contributed by atoms with Gasteiger partial charge in [-0.25, -0.2) is 9.97 Å². The molecule has 1 saturated carbocycles. The molecule has 1 fully saturated rings. The first kappa shape index (κ1) is 26.0. The molecule has 2 N–H and O–H groups in total. The number of nitrogens with one attached hydrogen (secondary N) is 1. The van der Waals surface area contributed by atoms with Crippen molar-refractivity contribution < 1.29 is 5.11 Å². The molecular formula is C33H37N7O. The number of aryl methyl sites for hydroxylation is 4. The van der Waals surface area contributed by atoms with Gasteiger partial charge < -0.3 is 9.67 Å². The van der Waals surface area contributed by atoms with E-state index in [4.69, 9.17) is 9.97 Å². The van der Waals surface area contributed by atoms with E-state index in [1.54, 1.807) is 0 Å². The lowest BCUT2D eigenvalue weighted by Gasteiger charge is -2.22. The maximum absolute atomic E-state index is 11.0. The minimum Gasteiger partial charge on any atom is -0.390 e. The van der Waals surface area contributed by atoms with Gasteiger partial charge in [-0.15, -0.1) is 10.2 Å². The molecule has 0 bridgehead atoms. The zero-order valence-corrected chi connectivity index (χ0v) is 23.9. The lowest BCUT2D eigenvalue weighted by molar-refractivity contribution is 0.0389. The Morgan fingerprint density at radius 3 is 2.63 bits per heavy atom. The van der Waals surface area contributed by atoms with Gasteiger partial charge in [-0.3, -0.25) is 0 Å². The quantitative estimate of drug-likeness (QED) is 0.236. The largest absolute Gasteiger partial charge is 0.390 e. The van der Waals surface area contributed by atoms with E-state index in [-0.39, 0.29) is 6.04 Å². The van der Waals surface area contributed by atoms with Gasteiger partial charge in [0.25, 0.3) is 0 Å². The number of aromatic amines is 1. The van der Waals surface area contributed by atoms with Gasteiger partial charge >= 0.3 is 0 Å². The Balaban J connectivity index is 1.26. The van der Waals surface area contributed by atoms with E-state index in [1.165, 1.54) is 16.7 Å². The lowest BCUT2D eigenvalue weighted by atomic mass is 9.94. The fourth-order valence-electron chi connectivity index (χ4n) is 7.06. The van der Waals surface area contributed by atoms with Crippen LogP contribution in [0.2, 0.25) is 0 Å². The fourth-order valence-corrected chi connectivity index (χ4v) is 7.06. The maximum atomic E-state index is 11.0. The van der Waals surface area contributed by atoms with Gasteiger partial charge in [0.2, 0.25) is 5.82 Å². The molecule has 0 aliphatic heterocycles. The van der Waals surface area contributed by atoms with Gasteiger partial charge in [-0.2, -0.15) is 5.21 Å². The van der Waals surface area contributed by atoms with Crippen molar-refractivity contribution in [3.8, 4) is 22.5 Å². The van der Waals surface area contributed by atoms with E-state index in [0.29, 0.717) is 5.82 Å². The van der Waals surface area contributed by atoms with Crippen LogP contribution >= 0.6 is 0 Å². The molecule has 41 heavy (non-hydrogen) atoms. The predicted octanol–water partition coefficient (Wildman–Crippen LogP) is 6.31. The summed E-state index contributed by atoms with van der Waals surface area (Å²) in [6, 6.07) is 17.5. The smallest absolute Gasteiger partial charge is 0.205 e. The molecule has 3 aromatic heterocycles. The summed E-state index contributed by atoms with van der Waals surface area (Å²) in [6.45, 7) is 4.37. The summed E-state index contributed by atoms with van der Waals surface area (Å²) in [5, 5.41) is 25.7. The highest BCUT2D eigenvalue weighted by Gasteiger charge is 2.32. The number of fused-ring (bicyclic) bond motifs is 2. The molecule has 2 aliphatic carbocycles. The number of imidazole rings is 1. The van der Waals surface area contributed by atoms with Crippen molar-refractivity contribution in [2.24, 2.45) is 0 Å². The third-order valence-corrected chi connectivity index (χ3v) is 9.14. The molecule has 3 heterocycles.